The maximum absolute atomic E-state index is 13.9. The molecule has 9 heteroatoms. The number of aromatic nitrogens is 3. The molecule has 2 bridgehead atoms. The van der Waals surface area contributed by atoms with E-state index >= 15 is 0 Å². The second-order valence-corrected chi connectivity index (χ2v) is 9.41. The molecule has 2 aliphatic heterocycles. The first-order valence-corrected chi connectivity index (χ1v) is 11.6. The Morgan fingerprint density at radius 3 is 2.74 bits per heavy atom. The Hall–Kier alpha value is -3.30. The number of halogens is 1. The van der Waals surface area contributed by atoms with Crippen LogP contribution < -0.4 is 0 Å². The Morgan fingerprint density at radius 1 is 1.26 bits per heavy atom. The number of benzene rings is 1. The van der Waals surface area contributed by atoms with E-state index in [1.165, 1.54) is 17.7 Å². The molecule has 2 unspecified atom stereocenters. The number of fused-ring (bicyclic) bond motifs is 3. The molecule has 8 nitrogen and oxygen atoms in total. The largest absolute Gasteiger partial charge is 0.504 e. The molecule has 6 rings (SSSR count). The predicted octanol–water partition coefficient (Wildman–Crippen LogP) is 2.94. The van der Waals surface area contributed by atoms with Crippen LogP contribution in [0, 0.1) is 5.82 Å². The van der Waals surface area contributed by atoms with Crippen LogP contribution in [0.4, 0.5) is 4.39 Å². The van der Waals surface area contributed by atoms with Crippen molar-refractivity contribution in [1.82, 2.24) is 25.0 Å². The molecular weight excluding hydrogens is 437 g/mol. The average Bonchev–Trinajstić information content (AvgIpc) is 3.60. The number of rotatable bonds is 5. The number of carbonyl (C=O) groups excluding carboxylic acids is 1. The van der Waals surface area contributed by atoms with Crippen LogP contribution in [0.25, 0.3) is 22.3 Å². The number of phenolic OH excluding ortho intramolecular Hbond substituents is 1. The van der Waals surface area contributed by atoms with Crippen LogP contribution in [0.1, 0.15) is 30.0 Å². The zero-order valence-corrected chi connectivity index (χ0v) is 18.7. The number of ether oxygens (including phenoxy) is 1. The second kappa shape index (κ2) is 8.18. The molecule has 2 aromatic heterocycles. The minimum atomic E-state index is -0.680. The quantitative estimate of drug-likeness (QED) is 0.565. The van der Waals surface area contributed by atoms with Crippen molar-refractivity contribution in [3.63, 3.8) is 0 Å². The molecule has 176 valence electrons. The summed E-state index contributed by atoms with van der Waals surface area (Å²) in [6.45, 7) is 6.87. The van der Waals surface area contributed by atoms with Crippen LogP contribution >= 0.6 is 0 Å². The van der Waals surface area contributed by atoms with Gasteiger partial charge in [0.2, 0.25) is 5.91 Å². The van der Waals surface area contributed by atoms with E-state index in [-0.39, 0.29) is 18.0 Å². The fraction of sp³-hybridized carbons (Fsp3) is 0.400. The van der Waals surface area contributed by atoms with Gasteiger partial charge in [-0.15, -0.1) is 10.2 Å². The average molecular weight is 464 g/mol. The predicted molar refractivity (Wildman–Crippen MR) is 124 cm³/mol. The highest BCUT2D eigenvalue weighted by Crippen LogP contribution is 2.46. The first-order valence-electron chi connectivity index (χ1n) is 11.6. The van der Waals surface area contributed by atoms with E-state index < -0.39 is 11.6 Å². The second-order valence-electron chi connectivity index (χ2n) is 9.41. The third-order valence-corrected chi connectivity index (χ3v) is 7.08. The van der Waals surface area contributed by atoms with E-state index in [0.29, 0.717) is 42.6 Å². The van der Waals surface area contributed by atoms with Crippen molar-refractivity contribution in [2.45, 2.75) is 37.4 Å². The van der Waals surface area contributed by atoms with Gasteiger partial charge in [-0.05, 0) is 48.6 Å². The minimum Gasteiger partial charge on any atom is -0.504 e. The van der Waals surface area contributed by atoms with E-state index in [9.17, 15) is 14.3 Å². The Balaban J connectivity index is 1.33. The van der Waals surface area contributed by atoms with E-state index in [1.54, 1.807) is 12.1 Å². The SMILES string of the molecule is C=CC(=O)N1C2COCC1CN(Cc1[nH]c3nnc(-c4cccc(F)c4O)cc3c1C1CC1)C2. The van der Waals surface area contributed by atoms with Gasteiger partial charge in [-0.1, -0.05) is 12.6 Å². The van der Waals surface area contributed by atoms with Crippen LogP contribution in [0.5, 0.6) is 5.75 Å². The van der Waals surface area contributed by atoms with Gasteiger partial charge in [-0.2, -0.15) is 0 Å². The third-order valence-electron chi connectivity index (χ3n) is 7.08. The maximum Gasteiger partial charge on any atom is 0.246 e. The van der Waals surface area contributed by atoms with Crippen LogP contribution in [-0.2, 0) is 16.1 Å². The molecule has 1 amide bonds. The number of morpholine rings is 1. The summed E-state index contributed by atoms with van der Waals surface area (Å²) in [4.78, 5) is 20.1. The number of H-pyrrole nitrogens is 1. The lowest BCUT2D eigenvalue weighted by molar-refractivity contribution is -0.150. The number of amides is 1. The Labute approximate surface area is 196 Å². The summed E-state index contributed by atoms with van der Waals surface area (Å²) >= 11 is 0. The highest BCUT2D eigenvalue weighted by atomic mass is 19.1. The number of nitrogens with zero attached hydrogens (tertiary/aromatic N) is 4. The van der Waals surface area contributed by atoms with Gasteiger partial charge >= 0.3 is 0 Å². The summed E-state index contributed by atoms with van der Waals surface area (Å²) < 4.78 is 19.6. The molecule has 2 N–H and O–H groups in total. The number of aromatic amines is 1. The van der Waals surface area contributed by atoms with Gasteiger partial charge in [0.25, 0.3) is 0 Å². The molecule has 3 aromatic rings. The number of hydrogen-bond acceptors (Lipinski definition) is 6. The first kappa shape index (κ1) is 21.2. The van der Waals surface area contributed by atoms with Gasteiger partial charge in [0.15, 0.2) is 17.2 Å². The lowest BCUT2D eigenvalue weighted by Gasteiger charge is -2.49. The fourth-order valence-electron chi connectivity index (χ4n) is 5.45. The van der Waals surface area contributed by atoms with Gasteiger partial charge in [0, 0.05) is 36.3 Å². The number of nitrogens with one attached hydrogen (secondary N) is 1. The van der Waals surface area contributed by atoms with Crippen molar-refractivity contribution in [2.75, 3.05) is 26.3 Å². The van der Waals surface area contributed by atoms with Crippen molar-refractivity contribution < 1.29 is 19.0 Å². The van der Waals surface area contributed by atoms with Crippen molar-refractivity contribution in [2.24, 2.45) is 0 Å². The number of para-hydroxylation sites is 1. The van der Waals surface area contributed by atoms with Gasteiger partial charge in [-0.3, -0.25) is 9.69 Å². The van der Waals surface area contributed by atoms with Crippen molar-refractivity contribution in [3.8, 4) is 17.0 Å². The van der Waals surface area contributed by atoms with E-state index in [2.05, 4.69) is 26.7 Å². The van der Waals surface area contributed by atoms with Crippen LogP contribution in [0.3, 0.4) is 0 Å². The molecule has 1 aliphatic carbocycles. The van der Waals surface area contributed by atoms with Crippen LogP contribution in [-0.4, -0.2) is 74.4 Å². The number of carbonyl (C=O) groups is 1. The summed E-state index contributed by atoms with van der Waals surface area (Å²) in [6.07, 6.45) is 3.61. The van der Waals surface area contributed by atoms with Gasteiger partial charge in [0.1, 0.15) is 0 Å². The monoisotopic (exact) mass is 463 g/mol. The number of phenols is 1. The van der Waals surface area contributed by atoms with E-state index in [0.717, 1.165) is 37.0 Å². The van der Waals surface area contributed by atoms with Gasteiger partial charge in [-0.25, -0.2) is 4.39 Å². The summed E-state index contributed by atoms with van der Waals surface area (Å²) in [5.74, 6) is -0.681. The minimum absolute atomic E-state index is 0.00843. The molecule has 2 saturated heterocycles. The molecule has 0 spiro atoms. The summed E-state index contributed by atoms with van der Waals surface area (Å²) in [5, 5.41) is 19.8. The maximum atomic E-state index is 13.9. The zero-order chi connectivity index (χ0) is 23.4. The molecule has 2 atom stereocenters. The number of hydrogen-bond donors (Lipinski definition) is 2. The molecule has 34 heavy (non-hydrogen) atoms. The lowest BCUT2D eigenvalue weighted by Crippen LogP contribution is -2.65. The van der Waals surface area contributed by atoms with Crippen molar-refractivity contribution >= 4 is 16.9 Å². The van der Waals surface area contributed by atoms with Crippen LogP contribution in [0.15, 0.2) is 36.9 Å². The first-order chi connectivity index (χ1) is 16.5. The van der Waals surface area contributed by atoms with Crippen molar-refractivity contribution in [1.29, 1.82) is 0 Å². The van der Waals surface area contributed by atoms with E-state index in [4.69, 9.17) is 4.74 Å². The standard InChI is InChI=1S/C25H26FN5O3/c1-2-22(32)31-15-9-30(10-16(31)13-34-12-15)11-21-23(14-6-7-14)18-8-20(28-29-25(18)27-21)17-4-3-5-19(26)24(17)33/h2-5,8,14-16,33H,1,6-7,9-13H2,(H,27,29). The van der Waals surface area contributed by atoms with Gasteiger partial charge < -0.3 is 19.7 Å². The topological polar surface area (TPSA) is 94.6 Å². The molecule has 1 aromatic carbocycles. The molecule has 3 aliphatic rings. The van der Waals surface area contributed by atoms with Crippen molar-refractivity contribution in [3.05, 3.63) is 54.0 Å². The van der Waals surface area contributed by atoms with Gasteiger partial charge in [0.05, 0.1) is 31.0 Å². The Morgan fingerprint density at radius 2 is 2.03 bits per heavy atom. The lowest BCUT2D eigenvalue weighted by atomic mass is 10.0. The molecule has 1 saturated carbocycles. The number of aromatic hydroxyl groups is 1. The highest BCUT2D eigenvalue weighted by Gasteiger charge is 2.40. The zero-order valence-electron chi connectivity index (χ0n) is 18.7. The highest BCUT2D eigenvalue weighted by molar-refractivity contribution is 5.88. The normalized spacial score (nSPS) is 22.8. The summed E-state index contributed by atoms with van der Waals surface area (Å²) in [6, 6.07) is 6.33. The Bertz CT molecular complexity index is 1270. The molecule has 4 heterocycles. The molecule has 3 fully saturated rings. The van der Waals surface area contributed by atoms with Crippen LogP contribution in [0.2, 0.25) is 0 Å². The summed E-state index contributed by atoms with van der Waals surface area (Å²) in [5.41, 5.74) is 3.80. The smallest absolute Gasteiger partial charge is 0.246 e. The Kier molecular flexibility index (Phi) is 5.11. The fourth-order valence-corrected chi connectivity index (χ4v) is 5.45. The molecule has 0 radical (unpaired) electrons. The molecular formula is C25H26FN5O3. The third kappa shape index (κ3) is 3.56. The number of piperazine rings is 1. The summed E-state index contributed by atoms with van der Waals surface area (Å²) in [7, 11) is 0. The van der Waals surface area contributed by atoms with E-state index in [1.807, 2.05) is 11.0 Å².